The van der Waals surface area contributed by atoms with Gasteiger partial charge < -0.3 is 20.1 Å². The van der Waals surface area contributed by atoms with Gasteiger partial charge in [0.25, 0.3) is 11.8 Å². The summed E-state index contributed by atoms with van der Waals surface area (Å²) in [6, 6.07) is 11.9. The molecule has 2 N–H and O–H groups in total. The van der Waals surface area contributed by atoms with Gasteiger partial charge in [-0.2, -0.15) is 0 Å². The van der Waals surface area contributed by atoms with Gasteiger partial charge in [-0.15, -0.1) is 0 Å². The quantitative estimate of drug-likeness (QED) is 0.665. The van der Waals surface area contributed by atoms with Crippen LogP contribution >= 0.6 is 0 Å². The van der Waals surface area contributed by atoms with Crippen molar-refractivity contribution in [3.8, 4) is 11.5 Å². The fourth-order valence-corrected chi connectivity index (χ4v) is 3.41. The van der Waals surface area contributed by atoms with Crippen LogP contribution in [0, 0.1) is 0 Å². The van der Waals surface area contributed by atoms with E-state index < -0.39 is 11.5 Å². The van der Waals surface area contributed by atoms with E-state index in [2.05, 4.69) is 10.6 Å². The Bertz CT molecular complexity index is 1080. The number of carbonyl (C=O) groups is 3. The number of benzene rings is 2. The highest BCUT2D eigenvalue weighted by Crippen LogP contribution is 2.38. The van der Waals surface area contributed by atoms with Crippen molar-refractivity contribution in [1.29, 1.82) is 0 Å². The summed E-state index contributed by atoms with van der Waals surface area (Å²) in [4.78, 5) is 40.2. The number of carbonyl (C=O) groups excluding carboxylic acids is 3. The number of amides is 3. The Kier molecular flexibility index (Phi) is 6.67. The van der Waals surface area contributed by atoms with E-state index >= 15 is 0 Å². The van der Waals surface area contributed by atoms with E-state index in [9.17, 15) is 14.4 Å². The highest BCUT2D eigenvalue weighted by molar-refractivity contribution is 6.09. The van der Waals surface area contributed by atoms with E-state index in [0.29, 0.717) is 28.4 Å². The smallest absolute Gasteiger partial charge is 0.271 e. The summed E-state index contributed by atoms with van der Waals surface area (Å²) in [6.45, 7) is 8.91. The molecule has 0 spiro atoms. The molecule has 0 fully saturated rings. The standard InChI is InChI=1S/C25H31N3O5/c1-7-24(2,3)27-22(30)16-12-13-20-18(14-16)28(23(31)25(4,5)33-20)15-21(29)26-17-10-8-9-11-19(17)32-6/h8-14H,7,15H2,1-6H3,(H,26,29)(H,27,30). The summed E-state index contributed by atoms with van der Waals surface area (Å²) in [5, 5.41) is 5.77. The van der Waals surface area contributed by atoms with Gasteiger partial charge in [0.2, 0.25) is 5.91 Å². The molecular formula is C25H31N3O5. The minimum atomic E-state index is -1.16. The van der Waals surface area contributed by atoms with Crippen LogP contribution in [0.3, 0.4) is 0 Å². The summed E-state index contributed by atoms with van der Waals surface area (Å²) in [5.74, 6) is -0.108. The Morgan fingerprint density at radius 1 is 1.15 bits per heavy atom. The van der Waals surface area contributed by atoms with Crippen molar-refractivity contribution in [2.24, 2.45) is 0 Å². The first kappa shape index (κ1) is 24.1. The second-order valence-corrected chi connectivity index (χ2v) is 9.13. The van der Waals surface area contributed by atoms with Gasteiger partial charge in [0.15, 0.2) is 5.60 Å². The first-order chi connectivity index (χ1) is 15.5. The molecule has 2 aromatic carbocycles. The number of nitrogens with one attached hydrogen (secondary N) is 2. The van der Waals surface area contributed by atoms with Gasteiger partial charge in [0, 0.05) is 11.1 Å². The third-order valence-corrected chi connectivity index (χ3v) is 5.66. The van der Waals surface area contributed by atoms with Gasteiger partial charge >= 0.3 is 0 Å². The van der Waals surface area contributed by atoms with Crippen molar-refractivity contribution >= 4 is 29.1 Å². The van der Waals surface area contributed by atoms with Crippen molar-refractivity contribution in [2.75, 3.05) is 23.9 Å². The molecule has 3 amide bonds. The summed E-state index contributed by atoms with van der Waals surface area (Å²) in [6.07, 6.45) is 0.759. The van der Waals surface area contributed by atoms with Crippen LogP contribution in [0.15, 0.2) is 42.5 Å². The maximum Gasteiger partial charge on any atom is 0.271 e. The molecule has 1 aliphatic rings. The lowest BCUT2D eigenvalue weighted by Gasteiger charge is -2.38. The average molecular weight is 454 g/mol. The molecule has 8 nitrogen and oxygen atoms in total. The molecule has 1 aliphatic heterocycles. The van der Waals surface area contributed by atoms with Crippen LogP contribution in [0.5, 0.6) is 11.5 Å². The lowest BCUT2D eigenvalue weighted by molar-refractivity contribution is -0.133. The molecule has 0 aliphatic carbocycles. The molecule has 176 valence electrons. The van der Waals surface area contributed by atoms with Gasteiger partial charge in [-0.1, -0.05) is 19.1 Å². The van der Waals surface area contributed by atoms with E-state index in [1.165, 1.54) is 12.0 Å². The Morgan fingerprint density at radius 3 is 2.52 bits per heavy atom. The highest BCUT2D eigenvalue weighted by atomic mass is 16.5. The fourth-order valence-electron chi connectivity index (χ4n) is 3.41. The predicted molar refractivity (Wildman–Crippen MR) is 127 cm³/mol. The zero-order valence-electron chi connectivity index (χ0n) is 19.9. The first-order valence-electron chi connectivity index (χ1n) is 10.9. The Balaban J connectivity index is 1.90. The third-order valence-electron chi connectivity index (χ3n) is 5.66. The SMILES string of the molecule is CCC(C)(C)NC(=O)c1ccc2c(c1)N(CC(=O)Nc1ccccc1OC)C(=O)C(C)(C)O2. The largest absolute Gasteiger partial charge is 0.495 e. The number of hydrogen-bond donors (Lipinski definition) is 2. The molecule has 0 atom stereocenters. The molecule has 33 heavy (non-hydrogen) atoms. The number of methoxy groups -OCH3 is 1. The molecular weight excluding hydrogens is 422 g/mol. The lowest BCUT2D eigenvalue weighted by atomic mass is 10.00. The molecule has 0 saturated carbocycles. The number of hydrogen-bond acceptors (Lipinski definition) is 5. The van der Waals surface area contributed by atoms with Crippen LogP contribution in [0.2, 0.25) is 0 Å². The van der Waals surface area contributed by atoms with Gasteiger partial charge in [-0.05, 0) is 64.4 Å². The molecule has 0 saturated heterocycles. The van der Waals surface area contributed by atoms with Gasteiger partial charge in [-0.25, -0.2) is 0 Å². The zero-order chi connectivity index (χ0) is 24.4. The predicted octanol–water partition coefficient (Wildman–Crippen LogP) is 3.76. The second-order valence-electron chi connectivity index (χ2n) is 9.13. The maximum absolute atomic E-state index is 13.2. The highest BCUT2D eigenvalue weighted by Gasteiger charge is 2.42. The number of ether oxygens (including phenoxy) is 2. The van der Waals surface area contributed by atoms with Gasteiger partial charge in [0.05, 0.1) is 18.5 Å². The van der Waals surface area contributed by atoms with E-state index in [1.54, 1.807) is 56.3 Å². The topological polar surface area (TPSA) is 97.0 Å². The minimum Gasteiger partial charge on any atom is -0.495 e. The number of fused-ring (bicyclic) bond motifs is 1. The lowest BCUT2D eigenvalue weighted by Crippen LogP contribution is -2.54. The van der Waals surface area contributed by atoms with Crippen molar-refractivity contribution in [1.82, 2.24) is 5.32 Å². The molecule has 0 aromatic heterocycles. The minimum absolute atomic E-state index is 0.248. The van der Waals surface area contributed by atoms with Gasteiger partial charge in [-0.3, -0.25) is 19.3 Å². The van der Waals surface area contributed by atoms with Gasteiger partial charge in [0.1, 0.15) is 18.0 Å². The third kappa shape index (κ3) is 5.27. The van der Waals surface area contributed by atoms with Crippen molar-refractivity contribution in [3.63, 3.8) is 0 Å². The number of nitrogens with zero attached hydrogens (tertiary/aromatic N) is 1. The number of rotatable bonds is 7. The molecule has 2 aromatic rings. The molecule has 3 rings (SSSR count). The van der Waals surface area contributed by atoms with E-state index in [0.717, 1.165) is 6.42 Å². The monoisotopic (exact) mass is 453 g/mol. The van der Waals surface area contributed by atoms with E-state index in [-0.39, 0.29) is 23.9 Å². The number of anilines is 2. The maximum atomic E-state index is 13.2. The van der Waals surface area contributed by atoms with E-state index in [4.69, 9.17) is 9.47 Å². The second kappa shape index (κ2) is 9.13. The number of para-hydroxylation sites is 2. The fraction of sp³-hybridized carbons (Fsp3) is 0.400. The van der Waals surface area contributed by atoms with Crippen LogP contribution in [0.4, 0.5) is 11.4 Å². The van der Waals surface area contributed by atoms with Crippen LogP contribution in [-0.4, -0.2) is 42.5 Å². The Morgan fingerprint density at radius 2 is 1.85 bits per heavy atom. The van der Waals surface area contributed by atoms with Crippen LogP contribution in [0.25, 0.3) is 0 Å². The molecule has 0 bridgehead atoms. The van der Waals surface area contributed by atoms with Crippen molar-refractivity contribution in [2.45, 2.75) is 52.2 Å². The van der Waals surface area contributed by atoms with Crippen LogP contribution < -0.4 is 25.0 Å². The summed E-state index contributed by atoms with van der Waals surface area (Å²) < 4.78 is 11.2. The van der Waals surface area contributed by atoms with Crippen molar-refractivity contribution < 1.29 is 23.9 Å². The Hall–Kier alpha value is -3.55. The normalized spacial score (nSPS) is 14.7. The van der Waals surface area contributed by atoms with Crippen molar-refractivity contribution in [3.05, 3.63) is 48.0 Å². The molecule has 8 heteroatoms. The summed E-state index contributed by atoms with van der Waals surface area (Å²) in [5.41, 5.74) is -0.292. The van der Waals surface area contributed by atoms with Crippen LogP contribution in [0.1, 0.15) is 51.4 Å². The van der Waals surface area contributed by atoms with Crippen LogP contribution in [-0.2, 0) is 9.59 Å². The Labute approximate surface area is 194 Å². The molecule has 0 radical (unpaired) electrons. The first-order valence-corrected chi connectivity index (χ1v) is 10.9. The van der Waals surface area contributed by atoms with E-state index in [1.807, 2.05) is 20.8 Å². The molecule has 1 heterocycles. The average Bonchev–Trinajstić information content (AvgIpc) is 2.76. The molecule has 0 unspecified atom stereocenters. The summed E-state index contributed by atoms with van der Waals surface area (Å²) in [7, 11) is 1.52. The summed E-state index contributed by atoms with van der Waals surface area (Å²) >= 11 is 0. The zero-order valence-corrected chi connectivity index (χ0v) is 19.9.